The lowest BCUT2D eigenvalue weighted by molar-refractivity contribution is -0.298. The number of rotatable bonds is 21. The molecule has 12 atom stereocenters. The highest BCUT2D eigenvalue weighted by molar-refractivity contribution is 5.93. The van der Waals surface area contributed by atoms with Crippen molar-refractivity contribution in [2.45, 2.75) is 190 Å². The molecule has 1 aliphatic carbocycles. The Kier molecular flexibility index (Phi) is 16.3. The van der Waals surface area contributed by atoms with Gasteiger partial charge in [0.2, 0.25) is 5.91 Å². The van der Waals surface area contributed by atoms with E-state index < -0.39 is 115 Å². The van der Waals surface area contributed by atoms with Gasteiger partial charge in [0.05, 0.1) is 32.4 Å². The number of hydrogen-bond donors (Lipinski definition) is 6. The van der Waals surface area contributed by atoms with E-state index in [-0.39, 0.29) is 32.4 Å². The minimum Gasteiger partial charge on any atom is -0.460 e. The summed E-state index contributed by atoms with van der Waals surface area (Å²) in [6, 6.07) is 5.45. The molecular weight excluding hydrogens is 808 g/mol. The van der Waals surface area contributed by atoms with Crippen LogP contribution in [-0.4, -0.2) is 147 Å². The summed E-state index contributed by atoms with van der Waals surface area (Å²) >= 11 is 0. The van der Waals surface area contributed by atoms with Crippen LogP contribution >= 0.6 is 0 Å². The standard InChI is InChI=1S/C45H68N2O15/c1-6-8-10-20-44(21-11-9-7-2)60-36-30-23-45(42(55)46-29(25-48)18-19-32(50)59-43(3,4)5)38(40(54)57-30)47(62-39(45)37(36)61-44)24-28-16-14-27(15-17-28)13-12-22-56-41-35(53)34(52)33(51)31(26-49)58-41/h12-17,29-31,33-39,41,48-49,51-53H,6-11,18-26H2,1-5H3,(H,46,55)/t29-,30+,31+,33-,34-,35+,36-,37-,38+,39+,41-,45+/m0/s1. The predicted octanol–water partition coefficient (Wildman–Crippen LogP) is 2.56. The second-order valence-electron chi connectivity index (χ2n) is 18.4. The fraction of sp³-hybridized carbons (Fsp3) is 0.756. The van der Waals surface area contributed by atoms with Gasteiger partial charge >= 0.3 is 11.9 Å². The minimum atomic E-state index is -1.54. The van der Waals surface area contributed by atoms with Crippen molar-refractivity contribution < 1.29 is 73.2 Å². The summed E-state index contributed by atoms with van der Waals surface area (Å²) in [6.45, 7) is 8.67. The van der Waals surface area contributed by atoms with Crippen molar-refractivity contribution in [1.82, 2.24) is 10.4 Å². The van der Waals surface area contributed by atoms with Crippen LogP contribution in [0.25, 0.3) is 6.08 Å². The number of carbonyl (C=O) groups is 3. The molecular formula is C45H68N2O15. The second-order valence-corrected chi connectivity index (χ2v) is 18.4. The molecule has 1 aromatic carbocycles. The van der Waals surface area contributed by atoms with E-state index in [2.05, 4.69) is 19.2 Å². The Labute approximate surface area is 363 Å². The summed E-state index contributed by atoms with van der Waals surface area (Å²) in [4.78, 5) is 48.5. The molecule has 17 heteroatoms. The normalized spacial score (nSPS) is 33.3. The van der Waals surface area contributed by atoms with E-state index in [9.17, 15) is 39.9 Å². The van der Waals surface area contributed by atoms with Gasteiger partial charge in [0, 0.05) is 25.7 Å². The highest BCUT2D eigenvalue weighted by Gasteiger charge is 2.76. The Hall–Kier alpha value is -3.07. The molecule has 4 heterocycles. The number of fused-ring (bicyclic) bond motifs is 4. The maximum absolute atomic E-state index is 14.9. The van der Waals surface area contributed by atoms with Crippen LogP contribution in [0.3, 0.4) is 0 Å². The number of carbonyl (C=O) groups excluding carboxylic acids is 3. The number of hydroxylamine groups is 2. The number of aliphatic hydroxyl groups is 5. The van der Waals surface area contributed by atoms with Crippen molar-refractivity contribution in [2.24, 2.45) is 5.41 Å². The zero-order valence-electron chi connectivity index (χ0n) is 36.7. The first-order valence-electron chi connectivity index (χ1n) is 22.4. The molecule has 1 aromatic rings. The number of benzene rings is 1. The Morgan fingerprint density at radius 2 is 1.65 bits per heavy atom. The summed E-state index contributed by atoms with van der Waals surface area (Å²) in [5.74, 6) is -2.51. The number of nitrogens with one attached hydrogen (secondary N) is 1. The van der Waals surface area contributed by atoms with E-state index in [1.807, 2.05) is 24.3 Å². The molecule has 4 saturated heterocycles. The highest BCUT2D eigenvalue weighted by atomic mass is 16.8. The lowest BCUT2D eigenvalue weighted by Gasteiger charge is -2.49. The van der Waals surface area contributed by atoms with Gasteiger partial charge in [-0.25, -0.2) is 0 Å². The fourth-order valence-electron chi connectivity index (χ4n) is 9.36. The van der Waals surface area contributed by atoms with Crippen molar-refractivity contribution in [3.8, 4) is 0 Å². The van der Waals surface area contributed by atoms with Crippen LogP contribution in [0.1, 0.15) is 116 Å². The molecule has 0 unspecified atom stereocenters. The zero-order chi connectivity index (χ0) is 44.8. The lowest BCUT2D eigenvalue weighted by atomic mass is 9.62. The molecule has 5 aliphatic rings. The van der Waals surface area contributed by atoms with Crippen LogP contribution in [0.4, 0.5) is 0 Å². The van der Waals surface area contributed by atoms with Crippen molar-refractivity contribution in [1.29, 1.82) is 0 Å². The largest absolute Gasteiger partial charge is 0.460 e. The zero-order valence-corrected chi connectivity index (χ0v) is 36.7. The Morgan fingerprint density at radius 3 is 2.27 bits per heavy atom. The van der Waals surface area contributed by atoms with Crippen molar-refractivity contribution in [2.75, 3.05) is 19.8 Å². The van der Waals surface area contributed by atoms with Gasteiger partial charge in [-0.2, -0.15) is 5.06 Å². The van der Waals surface area contributed by atoms with Gasteiger partial charge in [-0.1, -0.05) is 75.9 Å². The molecule has 6 rings (SSSR count). The first-order chi connectivity index (χ1) is 29.6. The summed E-state index contributed by atoms with van der Waals surface area (Å²) in [7, 11) is 0. The maximum atomic E-state index is 14.9. The first-order valence-corrected chi connectivity index (χ1v) is 22.4. The number of nitrogens with zero attached hydrogens (tertiary/aromatic N) is 1. The monoisotopic (exact) mass is 876 g/mol. The average Bonchev–Trinajstić information content (AvgIpc) is 3.79. The number of aliphatic hydroxyl groups excluding tert-OH is 5. The van der Waals surface area contributed by atoms with E-state index in [4.69, 9.17) is 33.3 Å². The fourth-order valence-corrected chi connectivity index (χ4v) is 9.36. The van der Waals surface area contributed by atoms with Crippen molar-refractivity contribution >= 4 is 23.9 Å². The van der Waals surface area contributed by atoms with E-state index in [1.54, 1.807) is 32.9 Å². The highest BCUT2D eigenvalue weighted by Crippen LogP contribution is 2.58. The van der Waals surface area contributed by atoms with Gasteiger partial charge in [-0.15, -0.1) is 0 Å². The third kappa shape index (κ3) is 10.7. The summed E-state index contributed by atoms with van der Waals surface area (Å²) in [6.07, 6.45) is 0.748. The summed E-state index contributed by atoms with van der Waals surface area (Å²) < 4.78 is 36.4. The second kappa shape index (κ2) is 20.8. The molecule has 0 aromatic heterocycles. The Bertz CT molecular complexity index is 1680. The number of esters is 2. The predicted molar refractivity (Wildman–Crippen MR) is 221 cm³/mol. The topological polar surface area (TPSA) is 232 Å². The quantitative estimate of drug-likeness (QED) is 0.0770. The van der Waals surface area contributed by atoms with Gasteiger partial charge < -0.3 is 59.3 Å². The molecule has 1 amide bonds. The smallest absolute Gasteiger partial charge is 0.327 e. The van der Waals surface area contributed by atoms with Gasteiger partial charge in [-0.3, -0.25) is 19.2 Å². The number of hydrogen-bond acceptors (Lipinski definition) is 16. The SMILES string of the molecule is CCCCCC1(CCCCC)O[C@@H]2[C@H](O1)[C@H]1ON(Cc3ccc(C=CCO[C@H]4O[C@H](CO)[C@H](O)[C@H](O)[C@H]4O)cc3)[C@@H]3C(=O)O[C@@H]2C[C@]13C(=O)N[C@H](CO)CCC(=O)OC(C)(C)C. The van der Waals surface area contributed by atoms with Gasteiger partial charge in [-0.05, 0) is 51.2 Å². The van der Waals surface area contributed by atoms with E-state index in [1.165, 1.54) is 5.06 Å². The van der Waals surface area contributed by atoms with Gasteiger partial charge in [0.25, 0.3) is 0 Å². The Balaban J connectivity index is 1.21. The van der Waals surface area contributed by atoms with Crippen molar-refractivity contribution in [3.05, 3.63) is 41.5 Å². The van der Waals surface area contributed by atoms with E-state index in [0.29, 0.717) is 12.8 Å². The third-order valence-electron chi connectivity index (χ3n) is 12.5. The van der Waals surface area contributed by atoms with Crippen LogP contribution in [0.5, 0.6) is 0 Å². The maximum Gasteiger partial charge on any atom is 0.327 e. The number of amides is 1. The summed E-state index contributed by atoms with van der Waals surface area (Å²) in [5, 5.41) is 54.6. The van der Waals surface area contributed by atoms with Crippen LogP contribution in [0.2, 0.25) is 0 Å². The number of ether oxygens (including phenoxy) is 6. The molecule has 6 N–H and O–H groups in total. The lowest BCUT2D eigenvalue weighted by Crippen LogP contribution is -2.70. The molecule has 0 radical (unpaired) electrons. The minimum absolute atomic E-state index is 0.00698. The first kappa shape index (κ1) is 48.4. The Morgan fingerprint density at radius 1 is 0.968 bits per heavy atom. The van der Waals surface area contributed by atoms with Gasteiger partial charge in [0.15, 0.2) is 18.1 Å². The third-order valence-corrected chi connectivity index (χ3v) is 12.5. The summed E-state index contributed by atoms with van der Waals surface area (Å²) in [5.41, 5.74) is -0.609. The molecule has 4 aliphatic heterocycles. The van der Waals surface area contributed by atoms with E-state index >= 15 is 0 Å². The molecule has 0 spiro atoms. The van der Waals surface area contributed by atoms with Crippen molar-refractivity contribution in [3.63, 3.8) is 0 Å². The molecule has 348 valence electrons. The van der Waals surface area contributed by atoms with Crippen LogP contribution < -0.4 is 5.32 Å². The molecule has 1 saturated carbocycles. The number of unbranched alkanes of at least 4 members (excludes halogenated alkanes) is 4. The van der Waals surface area contributed by atoms with E-state index in [0.717, 1.165) is 49.7 Å². The molecule has 17 nitrogen and oxygen atoms in total. The van der Waals surface area contributed by atoms with Crippen LogP contribution in [0.15, 0.2) is 30.3 Å². The van der Waals surface area contributed by atoms with Crippen LogP contribution in [-0.2, 0) is 54.2 Å². The van der Waals surface area contributed by atoms with Gasteiger partial charge in [0.1, 0.15) is 59.8 Å². The molecule has 5 fully saturated rings. The molecule has 62 heavy (non-hydrogen) atoms. The van der Waals surface area contributed by atoms with Crippen LogP contribution in [0, 0.1) is 5.41 Å². The molecule has 2 bridgehead atoms. The average molecular weight is 877 g/mol.